The quantitative estimate of drug-likeness (QED) is 0.783. The van der Waals surface area contributed by atoms with Gasteiger partial charge in [-0.05, 0) is 19.9 Å². The molecule has 4 heteroatoms. The summed E-state index contributed by atoms with van der Waals surface area (Å²) in [7, 11) is 1.89. The largest absolute Gasteiger partial charge is 0.313 e. The first-order valence-corrected chi connectivity index (χ1v) is 5.23. The lowest BCUT2D eigenvalue weighted by Gasteiger charge is -2.07. The second-order valence-electron chi connectivity index (χ2n) is 3.81. The summed E-state index contributed by atoms with van der Waals surface area (Å²) in [6.45, 7) is 0.702. The van der Waals surface area contributed by atoms with Crippen molar-refractivity contribution in [3.63, 3.8) is 0 Å². The molecule has 1 fully saturated rings. The van der Waals surface area contributed by atoms with Crippen molar-refractivity contribution in [2.24, 2.45) is 0 Å². The van der Waals surface area contributed by atoms with Gasteiger partial charge in [0, 0.05) is 5.92 Å². The first-order chi connectivity index (χ1) is 6.90. The maximum Gasteiger partial charge on any atom is 0.165 e. The second kappa shape index (κ2) is 4.46. The van der Waals surface area contributed by atoms with E-state index in [0.29, 0.717) is 12.5 Å². The standard InChI is InChI=1S/C10H16N4/c1-11-7-10-13-9(6-12-14-10)8-4-2-3-5-8/h6,8,11H,2-5,7H2,1H3. The zero-order valence-corrected chi connectivity index (χ0v) is 8.53. The van der Waals surface area contributed by atoms with Crippen LogP contribution in [0.15, 0.2) is 6.20 Å². The Morgan fingerprint density at radius 2 is 2.21 bits per heavy atom. The highest BCUT2D eigenvalue weighted by Crippen LogP contribution is 2.32. The Bertz CT molecular complexity index is 294. The summed E-state index contributed by atoms with van der Waals surface area (Å²) in [6, 6.07) is 0. The SMILES string of the molecule is CNCc1nncc(C2CCCC2)n1. The lowest BCUT2D eigenvalue weighted by atomic mass is 10.1. The van der Waals surface area contributed by atoms with E-state index in [1.807, 2.05) is 13.2 Å². The lowest BCUT2D eigenvalue weighted by Crippen LogP contribution is -2.12. The van der Waals surface area contributed by atoms with Crippen LogP contribution >= 0.6 is 0 Å². The molecule has 1 aromatic rings. The maximum absolute atomic E-state index is 4.51. The summed E-state index contributed by atoms with van der Waals surface area (Å²) in [6.07, 6.45) is 7.00. The summed E-state index contributed by atoms with van der Waals surface area (Å²) in [5.41, 5.74) is 1.13. The Balaban J connectivity index is 2.12. The maximum atomic E-state index is 4.51. The first kappa shape index (κ1) is 9.52. The first-order valence-electron chi connectivity index (χ1n) is 5.23. The molecule has 4 nitrogen and oxygen atoms in total. The summed E-state index contributed by atoms with van der Waals surface area (Å²) < 4.78 is 0. The smallest absolute Gasteiger partial charge is 0.165 e. The van der Waals surface area contributed by atoms with Gasteiger partial charge in [-0.3, -0.25) is 0 Å². The Morgan fingerprint density at radius 1 is 1.43 bits per heavy atom. The number of hydrogen-bond donors (Lipinski definition) is 1. The molecule has 0 aromatic carbocycles. The van der Waals surface area contributed by atoms with E-state index >= 15 is 0 Å². The highest BCUT2D eigenvalue weighted by atomic mass is 15.2. The molecule has 1 aliphatic rings. The average molecular weight is 192 g/mol. The summed E-state index contributed by atoms with van der Waals surface area (Å²) in [5.74, 6) is 1.43. The minimum atomic E-state index is 0.626. The third kappa shape index (κ3) is 2.07. The van der Waals surface area contributed by atoms with Crippen molar-refractivity contribution in [1.82, 2.24) is 20.5 Å². The predicted octanol–water partition coefficient (Wildman–Crippen LogP) is 1.25. The van der Waals surface area contributed by atoms with Crippen LogP contribution in [0, 0.1) is 0 Å². The molecule has 0 spiro atoms. The number of rotatable bonds is 3. The third-order valence-corrected chi connectivity index (χ3v) is 2.73. The van der Waals surface area contributed by atoms with Crippen LogP contribution in [0.5, 0.6) is 0 Å². The fraction of sp³-hybridized carbons (Fsp3) is 0.700. The van der Waals surface area contributed by atoms with E-state index < -0.39 is 0 Å². The minimum Gasteiger partial charge on any atom is -0.313 e. The second-order valence-corrected chi connectivity index (χ2v) is 3.81. The molecule has 76 valence electrons. The van der Waals surface area contributed by atoms with Crippen LogP contribution in [0.4, 0.5) is 0 Å². The molecule has 1 aliphatic carbocycles. The van der Waals surface area contributed by atoms with Crippen LogP contribution < -0.4 is 5.32 Å². The normalized spacial score (nSPS) is 17.5. The molecule has 0 atom stereocenters. The van der Waals surface area contributed by atoms with Gasteiger partial charge in [-0.25, -0.2) is 4.98 Å². The van der Waals surface area contributed by atoms with Gasteiger partial charge in [0.05, 0.1) is 18.4 Å². The molecule has 1 N–H and O–H groups in total. The minimum absolute atomic E-state index is 0.626. The summed E-state index contributed by atoms with van der Waals surface area (Å²) in [5, 5.41) is 11.0. The molecular formula is C10H16N4. The van der Waals surface area contributed by atoms with Gasteiger partial charge in [0.25, 0.3) is 0 Å². The number of hydrogen-bond acceptors (Lipinski definition) is 4. The van der Waals surface area contributed by atoms with Crippen LogP contribution in [0.3, 0.4) is 0 Å². The van der Waals surface area contributed by atoms with E-state index in [1.54, 1.807) is 0 Å². The Morgan fingerprint density at radius 3 is 2.93 bits per heavy atom. The van der Waals surface area contributed by atoms with E-state index in [-0.39, 0.29) is 0 Å². The average Bonchev–Trinajstić information content (AvgIpc) is 2.71. The van der Waals surface area contributed by atoms with E-state index in [4.69, 9.17) is 0 Å². The van der Waals surface area contributed by atoms with Gasteiger partial charge in [-0.15, -0.1) is 5.10 Å². The molecule has 0 unspecified atom stereocenters. The monoisotopic (exact) mass is 192 g/mol. The van der Waals surface area contributed by atoms with Gasteiger partial charge in [-0.1, -0.05) is 12.8 Å². The third-order valence-electron chi connectivity index (χ3n) is 2.73. The van der Waals surface area contributed by atoms with Crippen molar-refractivity contribution in [2.45, 2.75) is 38.1 Å². The van der Waals surface area contributed by atoms with Crippen LogP contribution in [0.1, 0.15) is 43.1 Å². The Hall–Kier alpha value is -1.03. The van der Waals surface area contributed by atoms with E-state index in [9.17, 15) is 0 Å². The Labute approximate surface area is 84.2 Å². The van der Waals surface area contributed by atoms with E-state index in [1.165, 1.54) is 25.7 Å². The fourth-order valence-electron chi connectivity index (χ4n) is 2.01. The van der Waals surface area contributed by atoms with Crippen LogP contribution in [-0.2, 0) is 6.54 Å². The molecule has 1 aromatic heterocycles. The molecule has 14 heavy (non-hydrogen) atoms. The van der Waals surface area contributed by atoms with Crippen molar-refractivity contribution >= 4 is 0 Å². The van der Waals surface area contributed by atoms with Crippen LogP contribution in [-0.4, -0.2) is 22.2 Å². The highest BCUT2D eigenvalue weighted by Gasteiger charge is 2.18. The lowest BCUT2D eigenvalue weighted by molar-refractivity contribution is 0.650. The van der Waals surface area contributed by atoms with Gasteiger partial charge in [0.2, 0.25) is 0 Å². The molecule has 1 saturated carbocycles. The Kier molecular flexibility index (Phi) is 3.03. The van der Waals surface area contributed by atoms with Gasteiger partial charge in [0.15, 0.2) is 5.82 Å². The molecule has 1 heterocycles. The van der Waals surface area contributed by atoms with Crippen molar-refractivity contribution in [2.75, 3.05) is 7.05 Å². The van der Waals surface area contributed by atoms with Gasteiger partial charge >= 0.3 is 0 Å². The molecule has 0 saturated heterocycles. The molecule has 0 aliphatic heterocycles. The summed E-state index contributed by atoms with van der Waals surface area (Å²) >= 11 is 0. The summed E-state index contributed by atoms with van der Waals surface area (Å²) in [4.78, 5) is 4.51. The van der Waals surface area contributed by atoms with Crippen molar-refractivity contribution in [3.05, 3.63) is 17.7 Å². The van der Waals surface area contributed by atoms with Crippen LogP contribution in [0.2, 0.25) is 0 Å². The van der Waals surface area contributed by atoms with Gasteiger partial charge in [-0.2, -0.15) is 5.10 Å². The number of nitrogens with one attached hydrogen (secondary N) is 1. The van der Waals surface area contributed by atoms with Gasteiger partial charge in [0.1, 0.15) is 0 Å². The zero-order chi connectivity index (χ0) is 9.80. The predicted molar refractivity (Wildman–Crippen MR) is 53.8 cm³/mol. The number of aromatic nitrogens is 3. The molecule has 0 bridgehead atoms. The molecule has 0 radical (unpaired) electrons. The molecule has 2 rings (SSSR count). The van der Waals surface area contributed by atoms with Crippen molar-refractivity contribution in [3.8, 4) is 0 Å². The fourth-order valence-corrected chi connectivity index (χ4v) is 2.01. The topological polar surface area (TPSA) is 50.7 Å². The molecule has 0 amide bonds. The van der Waals surface area contributed by atoms with E-state index in [0.717, 1.165) is 11.5 Å². The van der Waals surface area contributed by atoms with E-state index in [2.05, 4.69) is 20.5 Å². The van der Waals surface area contributed by atoms with Crippen LogP contribution in [0.25, 0.3) is 0 Å². The molecular weight excluding hydrogens is 176 g/mol. The van der Waals surface area contributed by atoms with Crippen molar-refractivity contribution < 1.29 is 0 Å². The van der Waals surface area contributed by atoms with Gasteiger partial charge < -0.3 is 5.32 Å². The highest BCUT2D eigenvalue weighted by molar-refractivity contribution is 5.05. The van der Waals surface area contributed by atoms with Crippen molar-refractivity contribution in [1.29, 1.82) is 0 Å². The number of nitrogens with zero attached hydrogens (tertiary/aromatic N) is 3. The zero-order valence-electron chi connectivity index (χ0n) is 8.53.